The van der Waals surface area contributed by atoms with Crippen molar-refractivity contribution in [3.05, 3.63) is 34.6 Å². The van der Waals surface area contributed by atoms with Crippen molar-refractivity contribution >= 4 is 33.4 Å². The summed E-state index contributed by atoms with van der Waals surface area (Å²) in [6.07, 6.45) is 3.99. The second kappa shape index (κ2) is 6.71. The highest BCUT2D eigenvalue weighted by Gasteiger charge is 2.30. The number of benzene rings is 1. The molecule has 1 aliphatic heterocycles. The van der Waals surface area contributed by atoms with Crippen LogP contribution in [0.1, 0.15) is 36.0 Å². The highest BCUT2D eigenvalue weighted by molar-refractivity contribution is 9.09. The quantitative estimate of drug-likeness (QED) is 0.745. The van der Waals surface area contributed by atoms with Gasteiger partial charge in [-0.3, -0.25) is 4.79 Å². The Bertz CT molecular complexity index is 469. The van der Waals surface area contributed by atoms with Crippen LogP contribution in [-0.4, -0.2) is 28.7 Å². The van der Waals surface area contributed by atoms with Crippen molar-refractivity contribution in [3.8, 4) is 0 Å². The number of rotatable bonds is 4. The molecule has 1 heterocycles. The third kappa shape index (κ3) is 3.48. The molecule has 0 aliphatic carbocycles. The molecule has 1 aromatic carbocycles. The summed E-state index contributed by atoms with van der Waals surface area (Å²) in [5.41, 5.74) is 0.121. The second-order valence-electron chi connectivity index (χ2n) is 4.75. The summed E-state index contributed by atoms with van der Waals surface area (Å²) in [4.78, 5) is 14.2. The maximum atomic E-state index is 13.8. The Morgan fingerprint density at radius 1 is 1.53 bits per heavy atom. The molecule has 104 valence electrons. The van der Waals surface area contributed by atoms with Gasteiger partial charge in [-0.1, -0.05) is 27.5 Å². The predicted octanol–water partition coefficient (Wildman–Crippen LogP) is 4.26. The third-order valence-electron chi connectivity index (χ3n) is 3.47. The van der Waals surface area contributed by atoms with Crippen molar-refractivity contribution in [2.75, 3.05) is 11.9 Å². The lowest BCUT2D eigenvalue weighted by molar-refractivity contribution is 0.0725. The van der Waals surface area contributed by atoms with Crippen molar-refractivity contribution < 1.29 is 9.18 Å². The molecular weight excluding hydrogens is 333 g/mol. The van der Waals surface area contributed by atoms with Crippen LogP contribution >= 0.6 is 27.5 Å². The molecule has 1 unspecified atom stereocenters. The largest absolute Gasteiger partial charge is 0.336 e. The summed E-state index contributed by atoms with van der Waals surface area (Å²) in [7, 11) is 0. The number of amides is 1. The number of nitrogens with zero attached hydrogens (tertiary/aromatic N) is 1. The maximum absolute atomic E-state index is 13.8. The minimum Gasteiger partial charge on any atom is -0.336 e. The standard InChI is InChI=1S/C14H16BrClFNO/c15-7-1-3-11-4-2-8-18(11)14(19)12-6-5-10(16)9-13(12)17/h5-6,9,11H,1-4,7-8H2. The molecule has 5 heteroatoms. The minimum absolute atomic E-state index is 0.121. The SMILES string of the molecule is O=C(c1ccc(Cl)cc1F)N1CCCC1CCCBr. The van der Waals surface area contributed by atoms with E-state index in [2.05, 4.69) is 15.9 Å². The fourth-order valence-electron chi connectivity index (χ4n) is 2.53. The summed E-state index contributed by atoms with van der Waals surface area (Å²) in [5.74, 6) is -0.755. The molecule has 1 saturated heterocycles. The van der Waals surface area contributed by atoms with Crippen LogP contribution in [0.2, 0.25) is 5.02 Å². The Kier molecular flexibility index (Phi) is 5.22. The fraction of sp³-hybridized carbons (Fsp3) is 0.500. The van der Waals surface area contributed by atoms with Crippen molar-refractivity contribution in [1.82, 2.24) is 4.90 Å². The van der Waals surface area contributed by atoms with Gasteiger partial charge in [-0.05, 0) is 43.9 Å². The highest BCUT2D eigenvalue weighted by atomic mass is 79.9. The Hall–Kier alpha value is -0.610. The molecule has 1 fully saturated rings. The molecule has 2 nitrogen and oxygen atoms in total. The lowest BCUT2D eigenvalue weighted by atomic mass is 10.1. The third-order valence-corrected chi connectivity index (χ3v) is 4.27. The zero-order chi connectivity index (χ0) is 13.8. The summed E-state index contributed by atoms with van der Waals surface area (Å²) >= 11 is 9.11. The molecule has 19 heavy (non-hydrogen) atoms. The van der Waals surface area contributed by atoms with Gasteiger partial charge in [0.1, 0.15) is 5.82 Å². The molecular formula is C14H16BrClFNO. The summed E-state index contributed by atoms with van der Waals surface area (Å²) in [6.45, 7) is 0.716. The number of alkyl halides is 1. The van der Waals surface area contributed by atoms with Gasteiger partial charge < -0.3 is 4.90 Å². The maximum Gasteiger partial charge on any atom is 0.257 e. The van der Waals surface area contributed by atoms with E-state index in [4.69, 9.17) is 11.6 Å². The number of hydrogen-bond acceptors (Lipinski definition) is 1. The number of likely N-dealkylation sites (tertiary alicyclic amines) is 1. The van der Waals surface area contributed by atoms with Crippen LogP contribution in [0.4, 0.5) is 4.39 Å². The Morgan fingerprint density at radius 2 is 2.32 bits per heavy atom. The Balaban J connectivity index is 2.13. The average Bonchev–Trinajstić information content (AvgIpc) is 2.83. The van der Waals surface area contributed by atoms with E-state index in [-0.39, 0.29) is 17.5 Å². The first kappa shape index (κ1) is 14.8. The van der Waals surface area contributed by atoms with Crippen molar-refractivity contribution in [1.29, 1.82) is 0 Å². The molecule has 0 bridgehead atoms. The monoisotopic (exact) mass is 347 g/mol. The van der Waals surface area contributed by atoms with Gasteiger partial charge in [0.2, 0.25) is 0 Å². The number of carbonyl (C=O) groups is 1. The Morgan fingerprint density at radius 3 is 3.00 bits per heavy atom. The molecule has 0 spiro atoms. The van der Waals surface area contributed by atoms with Gasteiger partial charge in [0.25, 0.3) is 5.91 Å². The fourth-order valence-corrected chi connectivity index (χ4v) is 3.02. The number of halogens is 3. The lowest BCUT2D eigenvalue weighted by Crippen LogP contribution is -2.36. The zero-order valence-corrected chi connectivity index (χ0v) is 12.9. The summed E-state index contributed by atoms with van der Waals surface area (Å²) in [5, 5.41) is 1.24. The van der Waals surface area contributed by atoms with Crippen LogP contribution in [0.15, 0.2) is 18.2 Å². The smallest absolute Gasteiger partial charge is 0.257 e. The molecule has 1 aromatic rings. The molecule has 2 rings (SSSR count). The van der Waals surface area contributed by atoms with E-state index in [1.165, 1.54) is 12.1 Å². The van der Waals surface area contributed by atoms with Gasteiger partial charge in [0.15, 0.2) is 0 Å². The molecule has 1 aliphatic rings. The van der Waals surface area contributed by atoms with E-state index in [1.807, 2.05) is 0 Å². The van der Waals surface area contributed by atoms with Crippen LogP contribution in [0, 0.1) is 5.82 Å². The van der Waals surface area contributed by atoms with Crippen LogP contribution in [-0.2, 0) is 0 Å². The van der Waals surface area contributed by atoms with Crippen LogP contribution in [0.3, 0.4) is 0 Å². The first-order valence-electron chi connectivity index (χ1n) is 6.45. The van der Waals surface area contributed by atoms with Crippen LogP contribution in [0.25, 0.3) is 0 Å². The first-order valence-corrected chi connectivity index (χ1v) is 7.95. The Labute approximate surface area is 126 Å². The van der Waals surface area contributed by atoms with E-state index >= 15 is 0 Å². The van der Waals surface area contributed by atoms with E-state index < -0.39 is 5.82 Å². The van der Waals surface area contributed by atoms with E-state index in [9.17, 15) is 9.18 Å². The van der Waals surface area contributed by atoms with E-state index in [0.717, 1.165) is 31.0 Å². The van der Waals surface area contributed by atoms with Crippen LogP contribution < -0.4 is 0 Å². The molecule has 1 atom stereocenters. The minimum atomic E-state index is -0.538. The normalized spacial score (nSPS) is 18.9. The van der Waals surface area contributed by atoms with Gasteiger partial charge in [0, 0.05) is 22.9 Å². The molecule has 0 radical (unpaired) electrons. The average molecular weight is 349 g/mol. The van der Waals surface area contributed by atoms with Gasteiger partial charge in [-0.2, -0.15) is 0 Å². The van der Waals surface area contributed by atoms with Crippen molar-refractivity contribution in [2.24, 2.45) is 0 Å². The first-order chi connectivity index (χ1) is 9.13. The van der Waals surface area contributed by atoms with Gasteiger partial charge in [-0.25, -0.2) is 4.39 Å². The summed E-state index contributed by atoms with van der Waals surface area (Å²) in [6, 6.07) is 4.46. The number of carbonyl (C=O) groups excluding carboxylic acids is 1. The van der Waals surface area contributed by atoms with Gasteiger partial charge >= 0.3 is 0 Å². The van der Waals surface area contributed by atoms with Gasteiger partial charge in [0.05, 0.1) is 5.56 Å². The number of hydrogen-bond donors (Lipinski definition) is 0. The van der Waals surface area contributed by atoms with E-state index in [0.29, 0.717) is 11.6 Å². The molecule has 0 N–H and O–H groups in total. The van der Waals surface area contributed by atoms with Gasteiger partial charge in [-0.15, -0.1) is 0 Å². The topological polar surface area (TPSA) is 20.3 Å². The second-order valence-corrected chi connectivity index (χ2v) is 5.98. The molecule has 0 saturated carbocycles. The predicted molar refractivity (Wildman–Crippen MR) is 78.5 cm³/mol. The summed E-state index contributed by atoms with van der Waals surface area (Å²) < 4.78 is 13.8. The van der Waals surface area contributed by atoms with E-state index in [1.54, 1.807) is 11.0 Å². The molecule has 0 aromatic heterocycles. The zero-order valence-electron chi connectivity index (χ0n) is 10.5. The highest BCUT2D eigenvalue weighted by Crippen LogP contribution is 2.25. The molecule has 1 amide bonds. The van der Waals surface area contributed by atoms with Crippen LogP contribution in [0.5, 0.6) is 0 Å². The lowest BCUT2D eigenvalue weighted by Gasteiger charge is -2.24. The van der Waals surface area contributed by atoms with Crippen molar-refractivity contribution in [2.45, 2.75) is 31.7 Å². The van der Waals surface area contributed by atoms with Crippen molar-refractivity contribution in [3.63, 3.8) is 0 Å².